The summed E-state index contributed by atoms with van der Waals surface area (Å²) in [5.41, 5.74) is 0.638. The minimum Gasteiger partial charge on any atom is -0.496 e. The number of carbonyl (C=O) groups excluding carboxylic acids is 1. The number of para-hydroxylation sites is 1. The molecule has 0 saturated carbocycles. The van der Waals surface area contributed by atoms with Gasteiger partial charge in [-0.3, -0.25) is 4.79 Å². The van der Waals surface area contributed by atoms with Gasteiger partial charge in [0.1, 0.15) is 11.7 Å². The van der Waals surface area contributed by atoms with Gasteiger partial charge in [0, 0.05) is 18.1 Å². The first-order valence-corrected chi connectivity index (χ1v) is 5.92. The number of benzene rings is 1. The number of nitriles is 1. The van der Waals surface area contributed by atoms with Crippen LogP contribution in [0.3, 0.4) is 0 Å². The van der Waals surface area contributed by atoms with Crippen LogP contribution in [0, 0.1) is 17.2 Å². The highest BCUT2D eigenvalue weighted by Crippen LogP contribution is 2.30. The Balaban J connectivity index is 2.27. The zero-order valence-corrected chi connectivity index (χ0v) is 10.3. The maximum atomic E-state index is 12.3. The van der Waals surface area contributed by atoms with E-state index in [9.17, 15) is 10.1 Å². The number of hydrogen-bond donors (Lipinski definition) is 0. The molecule has 2 atom stereocenters. The average molecular weight is 245 g/mol. The van der Waals surface area contributed by atoms with Crippen molar-refractivity contribution in [2.45, 2.75) is 12.3 Å². The fourth-order valence-electron chi connectivity index (χ4n) is 2.19. The molecule has 1 aliphatic rings. The van der Waals surface area contributed by atoms with E-state index >= 15 is 0 Å². The second-order valence-corrected chi connectivity index (χ2v) is 4.27. The SMILES string of the molecule is COc1ccccc1C(C#N)C(=O)C1CCOC1. The van der Waals surface area contributed by atoms with Crippen LogP contribution in [-0.2, 0) is 9.53 Å². The number of nitrogens with zero attached hydrogens (tertiary/aromatic N) is 1. The molecule has 2 unspecified atom stereocenters. The van der Waals surface area contributed by atoms with Gasteiger partial charge in [-0.05, 0) is 12.5 Å². The molecule has 0 aliphatic carbocycles. The summed E-state index contributed by atoms with van der Waals surface area (Å²) in [5, 5.41) is 9.26. The first-order valence-electron chi connectivity index (χ1n) is 5.92. The molecule has 4 heteroatoms. The van der Waals surface area contributed by atoms with E-state index in [-0.39, 0.29) is 11.7 Å². The van der Waals surface area contributed by atoms with Crippen molar-refractivity contribution in [3.8, 4) is 11.8 Å². The van der Waals surface area contributed by atoms with Gasteiger partial charge in [0.25, 0.3) is 0 Å². The lowest BCUT2D eigenvalue weighted by Crippen LogP contribution is -2.22. The third kappa shape index (κ3) is 2.36. The van der Waals surface area contributed by atoms with Crippen molar-refractivity contribution < 1.29 is 14.3 Å². The lowest BCUT2D eigenvalue weighted by atomic mass is 9.87. The molecule has 2 rings (SSSR count). The number of Topliss-reactive ketones (excluding diaryl/α,β-unsaturated/α-hetero) is 1. The molecule has 0 spiro atoms. The summed E-state index contributed by atoms with van der Waals surface area (Å²) in [5.74, 6) is -0.428. The predicted octanol–water partition coefficient (Wildman–Crippen LogP) is 1.91. The molecule has 0 radical (unpaired) electrons. The van der Waals surface area contributed by atoms with E-state index in [0.29, 0.717) is 30.9 Å². The van der Waals surface area contributed by atoms with Crippen molar-refractivity contribution in [3.63, 3.8) is 0 Å². The standard InChI is InChI=1S/C14H15NO3/c1-17-13-5-3-2-4-11(13)12(8-15)14(16)10-6-7-18-9-10/h2-5,10,12H,6-7,9H2,1H3. The van der Waals surface area contributed by atoms with Gasteiger partial charge < -0.3 is 9.47 Å². The molecule has 4 nitrogen and oxygen atoms in total. The first-order chi connectivity index (χ1) is 8.77. The molecule has 1 aromatic carbocycles. The van der Waals surface area contributed by atoms with E-state index < -0.39 is 5.92 Å². The number of hydrogen-bond acceptors (Lipinski definition) is 4. The minimum atomic E-state index is -0.771. The number of methoxy groups -OCH3 is 1. The normalized spacial score (nSPS) is 20.1. The van der Waals surface area contributed by atoms with E-state index in [1.54, 1.807) is 18.2 Å². The third-order valence-electron chi connectivity index (χ3n) is 3.20. The van der Waals surface area contributed by atoms with Crippen LogP contribution in [-0.4, -0.2) is 26.1 Å². The summed E-state index contributed by atoms with van der Waals surface area (Å²) in [6, 6.07) is 9.24. The molecule has 1 heterocycles. The van der Waals surface area contributed by atoms with Crippen LogP contribution in [0.25, 0.3) is 0 Å². The molecule has 0 bridgehead atoms. The van der Waals surface area contributed by atoms with Crippen LogP contribution in [0.4, 0.5) is 0 Å². The highest BCUT2D eigenvalue weighted by molar-refractivity contribution is 5.91. The van der Waals surface area contributed by atoms with Gasteiger partial charge in [0.05, 0.1) is 19.8 Å². The maximum Gasteiger partial charge on any atom is 0.160 e. The number of ketones is 1. The van der Waals surface area contributed by atoms with Crippen molar-refractivity contribution >= 4 is 5.78 Å². The van der Waals surface area contributed by atoms with Crippen LogP contribution in [0.1, 0.15) is 17.9 Å². The first kappa shape index (κ1) is 12.6. The molecule has 18 heavy (non-hydrogen) atoms. The Morgan fingerprint density at radius 1 is 1.56 bits per heavy atom. The van der Waals surface area contributed by atoms with E-state index in [1.807, 2.05) is 6.07 Å². The average Bonchev–Trinajstić information content (AvgIpc) is 2.94. The summed E-state index contributed by atoms with van der Waals surface area (Å²) in [6.45, 7) is 1.02. The second-order valence-electron chi connectivity index (χ2n) is 4.27. The Labute approximate surface area is 106 Å². The zero-order valence-electron chi connectivity index (χ0n) is 10.3. The zero-order chi connectivity index (χ0) is 13.0. The summed E-state index contributed by atoms with van der Waals surface area (Å²) >= 11 is 0. The number of rotatable bonds is 4. The summed E-state index contributed by atoms with van der Waals surface area (Å²) in [4.78, 5) is 12.3. The fourth-order valence-corrected chi connectivity index (χ4v) is 2.19. The molecule has 0 N–H and O–H groups in total. The largest absolute Gasteiger partial charge is 0.496 e. The van der Waals surface area contributed by atoms with Gasteiger partial charge >= 0.3 is 0 Å². The van der Waals surface area contributed by atoms with Crippen molar-refractivity contribution in [3.05, 3.63) is 29.8 Å². The van der Waals surface area contributed by atoms with Crippen LogP contribution < -0.4 is 4.74 Å². The predicted molar refractivity (Wildman–Crippen MR) is 65.3 cm³/mol. The second kappa shape index (κ2) is 5.65. The van der Waals surface area contributed by atoms with Crippen molar-refractivity contribution in [2.24, 2.45) is 5.92 Å². The third-order valence-corrected chi connectivity index (χ3v) is 3.20. The molecule has 0 aromatic heterocycles. The Morgan fingerprint density at radius 3 is 2.94 bits per heavy atom. The topological polar surface area (TPSA) is 59.3 Å². The van der Waals surface area contributed by atoms with Gasteiger partial charge in [-0.25, -0.2) is 0 Å². The molecule has 1 aromatic rings. The summed E-state index contributed by atoms with van der Waals surface area (Å²) < 4.78 is 10.4. The van der Waals surface area contributed by atoms with Crippen molar-refractivity contribution in [1.29, 1.82) is 5.26 Å². The van der Waals surface area contributed by atoms with Crippen LogP contribution >= 0.6 is 0 Å². The highest BCUT2D eigenvalue weighted by Gasteiger charge is 2.32. The van der Waals surface area contributed by atoms with Gasteiger partial charge in [-0.15, -0.1) is 0 Å². The quantitative estimate of drug-likeness (QED) is 0.813. The van der Waals surface area contributed by atoms with Crippen LogP contribution in [0.15, 0.2) is 24.3 Å². The molecule has 1 aliphatic heterocycles. The Morgan fingerprint density at radius 2 is 2.33 bits per heavy atom. The van der Waals surface area contributed by atoms with Crippen LogP contribution in [0.2, 0.25) is 0 Å². The summed E-state index contributed by atoms with van der Waals surface area (Å²) in [6.07, 6.45) is 0.701. The van der Waals surface area contributed by atoms with E-state index in [1.165, 1.54) is 7.11 Å². The smallest absolute Gasteiger partial charge is 0.160 e. The Hall–Kier alpha value is -1.86. The maximum absolute atomic E-state index is 12.3. The fraction of sp³-hybridized carbons (Fsp3) is 0.429. The molecular weight excluding hydrogens is 230 g/mol. The lowest BCUT2D eigenvalue weighted by molar-refractivity contribution is -0.123. The Kier molecular flexibility index (Phi) is 3.96. The van der Waals surface area contributed by atoms with Crippen molar-refractivity contribution in [1.82, 2.24) is 0 Å². The van der Waals surface area contributed by atoms with Gasteiger partial charge in [0.2, 0.25) is 0 Å². The molecule has 1 fully saturated rings. The van der Waals surface area contributed by atoms with E-state index in [2.05, 4.69) is 6.07 Å². The highest BCUT2D eigenvalue weighted by atomic mass is 16.5. The minimum absolute atomic E-state index is 0.0699. The van der Waals surface area contributed by atoms with Gasteiger partial charge in [-0.1, -0.05) is 18.2 Å². The van der Waals surface area contributed by atoms with Gasteiger partial charge in [-0.2, -0.15) is 5.26 Å². The van der Waals surface area contributed by atoms with Crippen LogP contribution in [0.5, 0.6) is 5.75 Å². The van der Waals surface area contributed by atoms with E-state index in [0.717, 1.165) is 0 Å². The van der Waals surface area contributed by atoms with E-state index in [4.69, 9.17) is 9.47 Å². The van der Waals surface area contributed by atoms with Crippen molar-refractivity contribution in [2.75, 3.05) is 20.3 Å². The summed E-state index contributed by atoms with van der Waals surface area (Å²) in [7, 11) is 1.54. The Bertz CT molecular complexity index is 472. The monoisotopic (exact) mass is 245 g/mol. The molecule has 0 amide bonds. The number of ether oxygens (including phenoxy) is 2. The lowest BCUT2D eigenvalue weighted by Gasteiger charge is -2.15. The molecular formula is C14H15NO3. The van der Waals surface area contributed by atoms with Gasteiger partial charge in [0.15, 0.2) is 5.78 Å². The number of carbonyl (C=O) groups is 1. The molecule has 94 valence electrons. The molecule has 1 saturated heterocycles.